The van der Waals surface area contributed by atoms with Crippen molar-refractivity contribution >= 4 is 27.7 Å². The number of nitrogens with one attached hydrogen (secondary N) is 1. The molecule has 2 amide bonds. The van der Waals surface area contributed by atoms with E-state index in [1.807, 2.05) is 86.6 Å². The SMILES string of the molecule is Cc1cccc(OCC(=O)N(Cc2ccc(Br)cc2)[C@H](Cc2ccccc2)C(=O)NC2CCCCC2)c1C. The molecule has 0 radical (unpaired) electrons. The lowest BCUT2D eigenvalue weighted by atomic mass is 9.94. The average Bonchev–Trinajstić information content (AvgIpc) is 2.93. The highest BCUT2D eigenvalue weighted by atomic mass is 79.9. The molecule has 0 saturated heterocycles. The molecule has 4 rings (SSSR count). The van der Waals surface area contributed by atoms with Crippen LogP contribution in [-0.4, -0.2) is 35.4 Å². The fourth-order valence-corrected chi connectivity index (χ4v) is 5.25. The van der Waals surface area contributed by atoms with Gasteiger partial charge in [0.25, 0.3) is 5.91 Å². The molecule has 3 aromatic rings. The maximum absolute atomic E-state index is 13.8. The smallest absolute Gasteiger partial charge is 0.261 e. The van der Waals surface area contributed by atoms with Gasteiger partial charge in [0.05, 0.1) is 0 Å². The number of amides is 2. The predicted molar refractivity (Wildman–Crippen MR) is 155 cm³/mol. The molecule has 0 heterocycles. The van der Waals surface area contributed by atoms with Crippen molar-refractivity contribution in [3.63, 3.8) is 0 Å². The van der Waals surface area contributed by atoms with Crippen molar-refractivity contribution in [2.75, 3.05) is 6.61 Å². The highest BCUT2D eigenvalue weighted by molar-refractivity contribution is 9.10. The first kappa shape index (κ1) is 27.9. The third-order valence-corrected chi connectivity index (χ3v) is 7.92. The zero-order chi connectivity index (χ0) is 26.9. The summed E-state index contributed by atoms with van der Waals surface area (Å²) in [5, 5.41) is 3.28. The second kappa shape index (κ2) is 13.6. The van der Waals surface area contributed by atoms with Gasteiger partial charge in [0.1, 0.15) is 11.8 Å². The Kier molecular flexibility index (Phi) is 9.99. The van der Waals surface area contributed by atoms with Crippen molar-refractivity contribution in [3.05, 3.63) is 99.5 Å². The lowest BCUT2D eigenvalue weighted by Crippen LogP contribution is -2.53. The molecule has 5 nitrogen and oxygen atoms in total. The summed E-state index contributed by atoms with van der Waals surface area (Å²) in [5.41, 5.74) is 4.09. The van der Waals surface area contributed by atoms with Gasteiger partial charge in [-0.15, -0.1) is 0 Å². The van der Waals surface area contributed by atoms with Crippen LogP contribution in [0.15, 0.2) is 77.3 Å². The Hall–Kier alpha value is -3.12. The van der Waals surface area contributed by atoms with E-state index >= 15 is 0 Å². The number of carbonyl (C=O) groups is 2. The predicted octanol–water partition coefficient (Wildman–Crippen LogP) is 6.53. The Morgan fingerprint density at radius 2 is 1.63 bits per heavy atom. The molecule has 1 aliphatic carbocycles. The fraction of sp³-hybridized carbons (Fsp3) is 0.375. The molecule has 3 aromatic carbocycles. The van der Waals surface area contributed by atoms with Crippen LogP contribution in [0.2, 0.25) is 0 Å². The highest BCUT2D eigenvalue weighted by Crippen LogP contribution is 2.23. The van der Waals surface area contributed by atoms with Gasteiger partial charge >= 0.3 is 0 Å². The Morgan fingerprint density at radius 1 is 0.921 bits per heavy atom. The number of aryl methyl sites for hydroxylation is 1. The third-order valence-electron chi connectivity index (χ3n) is 7.39. The maximum Gasteiger partial charge on any atom is 0.261 e. The monoisotopic (exact) mass is 576 g/mol. The molecule has 1 N–H and O–H groups in total. The van der Waals surface area contributed by atoms with E-state index in [-0.39, 0.29) is 24.5 Å². The van der Waals surface area contributed by atoms with Crippen molar-refractivity contribution in [1.82, 2.24) is 10.2 Å². The van der Waals surface area contributed by atoms with Crippen LogP contribution in [0.5, 0.6) is 5.75 Å². The molecule has 1 aliphatic rings. The van der Waals surface area contributed by atoms with Gasteiger partial charge in [0, 0.05) is 23.5 Å². The van der Waals surface area contributed by atoms with Gasteiger partial charge in [-0.25, -0.2) is 0 Å². The molecule has 1 fully saturated rings. The number of nitrogens with zero attached hydrogens (tertiary/aromatic N) is 1. The van der Waals surface area contributed by atoms with Crippen LogP contribution in [0.3, 0.4) is 0 Å². The van der Waals surface area contributed by atoms with E-state index < -0.39 is 6.04 Å². The summed E-state index contributed by atoms with van der Waals surface area (Å²) < 4.78 is 6.98. The van der Waals surface area contributed by atoms with Gasteiger partial charge in [-0.1, -0.05) is 89.8 Å². The molecule has 6 heteroatoms. The highest BCUT2D eigenvalue weighted by Gasteiger charge is 2.32. The number of carbonyl (C=O) groups excluding carboxylic acids is 2. The van der Waals surface area contributed by atoms with E-state index in [9.17, 15) is 9.59 Å². The van der Waals surface area contributed by atoms with E-state index in [0.29, 0.717) is 18.7 Å². The lowest BCUT2D eigenvalue weighted by Gasteiger charge is -2.33. The molecule has 0 aliphatic heterocycles. The summed E-state index contributed by atoms with van der Waals surface area (Å²) in [6.07, 6.45) is 5.87. The topological polar surface area (TPSA) is 58.6 Å². The van der Waals surface area contributed by atoms with E-state index in [2.05, 4.69) is 21.2 Å². The molecule has 38 heavy (non-hydrogen) atoms. The quantitative estimate of drug-likeness (QED) is 0.298. The van der Waals surface area contributed by atoms with Crippen LogP contribution < -0.4 is 10.1 Å². The molecule has 1 atom stereocenters. The standard InChI is InChI=1S/C32H37BrN2O3/c1-23-10-9-15-30(24(23)2)38-22-31(36)35(21-26-16-18-27(33)19-17-26)29(20-25-11-5-3-6-12-25)32(37)34-28-13-7-4-8-14-28/h3,5-6,9-12,15-19,28-29H,4,7-8,13-14,20-22H2,1-2H3,(H,34,37)/t29-/m1/s1. The van der Waals surface area contributed by atoms with Crippen LogP contribution in [0.25, 0.3) is 0 Å². The van der Waals surface area contributed by atoms with Crippen molar-refractivity contribution in [3.8, 4) is 5.75 Å². The minimum absolute atomic E-state index is 0.0991. The molecular weight excluding hydrogens is 540 g/mol. The van der Waals surface area contributed by atoms with Crippen LogP contribution in [0.4, 0.5) is 0 Å². The molecule has 200 valence electrons. The van der Waals surface area contributed by atoms with E-state index in [4.69, 9.17) is 4.74 Å². The molecule has 1 saturated carbocycles. The van der Waals surface area contributed by atoms with Crippen molar-refractivity contribution in [1.29, 1.82) is 0 Å². The van der Waals surface area contributed by atoms with Crippen LogP contribution in [0, 0.1) is 13.8 Å². The van der Waals surface area contributed by atoms with E-state index in [1.165, 1.54) is 6.42 Å². The molecule has 0 bridgehead atoms. The van der Waals surface area contributed by atoms with Gasteiger partial charge in [-0.3, -0.25) is 9.59 Å². The number of hydrogen-bond acceptors (Lipinski definition) is 3. The first-order chi connectivity index (χ1) is 18.4. The van der Waals surface area contributed by atoms with Crippen LogP contribution in [0.1, 0.15) is 54.4 Å². The molecular formula is C32H37BrN2O3. The zero-order valence-electron chi connectivity index (χ0n) is 22.3. The largest absolute Gasteiger partial charge is 0.483 e. The average molecular weight is 578 g/mol. The number of halogens is 1. The summed E-state index contributed by atoms with van der Waals surface area (Å²) in [6.45, 7) is 4.20. The van der Waals surface area contributed by atoms with E-state index in [0.717, 1.165) is 52.4 Å². The van der Waals surface area contributed by atoms with E-state index in [1.54, 1.807) is 4.90 Å². The summed E-state index contributed by atoms with van der Waals surface area (Å²) >= 11 is 3.49. The Balaban J connectivity index is 1.62. The number of hydrogen-bond donors (Lipinski definition) is 1. The molecule has 0 unspecified atom stereocenters. The van der Waals surface area contributed by atoms with Crippen LogP contribution >= 0.6 is 15.9 Å². The van der Waals surface area contributed by atoms with Crippen molar-refractivity contribution in [2.45, 2.75) is 71.0 Å². The van der Waals surface area contributed by atoms with Crippen LogP contribution in [-0.2, 0) is 22.6 Å². The summed E-state index contributed by atoms with van der Waals surface area (Å²) in [7, 11) is 0. The second-order valence-corrected chi connectivity index (χ2v) is 11.1. The normalized spacial score (nSPS) is 14.5. The zero-order valence-corrected chi connectivity index (χ0v) is 23.9. The summed E-state index contributed by atoms with van der Waals surface area (Å²) in [4.78, 5) is 29.3. The van der Waals surface area contributed by atoms with Gasteiger partial charge in [-0.2, -0.15) is 0 Å². The summed E-state index contributed by atoms with van der Waals surface area (Å²) in [6, 6.07) is 23.1. The number of ether oxygens (including phenoxy) is 1. The fourth-order valence-electron chi connectivity index (χ4n) is 4.99. The number of rotatable bonds is 10. The van der Waals surface area contributed by atoms with Crippen molar-refractivity contribution < 1.29 is 14.3 Å². The van der Waals surface area contributed by atoms with Gasteiger partial charge in [0.2, 0.25) is 5.91 Å². The third kappa shape index (κ3) is 7.70. The maximum atomic E-state index is 13.8. The summed E-state index contributed by atoms with van der Waals surface area (Å²) in [5.74, 6) is 0.375. The van der Waals surface area contributed by atoms with Crippen molar-refractivity contribution in [2.24, 2.45) is 0 Å². The minimum Gasteiger partial charge on any atom is -0.483 e. The molecule has 0 spiro atoms. The van der Waals surface area contributed by atoms with Gasteiger partial charge in [0.15, 0.2) is 6.61 Å². The van der Waals surface area contributed by atoms with Gasteiger partial charge < -0.3 is 15.0 Å². The Labute approximate surface area is 234 Å². The van der Waals surface area contributed by atoms with Gasteiger partial charge in [-0.05, 0) is 67.1 Å². The lowest BCUT2D eigenvalue weighted by molar-refractivity contribution is -0.143. The molecule has 0 aromatic heterocycles. The Morgan fingerprint density at radius 3 is 2.34 bits per heavy atom. The Bertz CT molecular complexity index is 1210. The number of benzene rings is 3. The minimum atomic E-state index is -0.655. The first-order valence-corrected chi connectivity index (χ1v) is 14.3. The first-order valence-electron chi connectivity index (χ1n) is 13.5. The second-order valence-electron chi connectivity index (χ2n) is 10.2.